The zero-order valence-corrected chi connectivity index (χ0v) is 11.8. The number of nitrogens with two attached hydrogens (primary N) is 1. The second kappa shape index (κ2) is 6.21. The van der Waals surface area contributed by atoms with Gasteiger partial charge in [0.05, 0.1) is 11.4 Å². The molecule has 1 amide bonds. The van der Waals surface area contributed by atoms with Crippen LogP contribution in [0, 0.1) is 0 Å². The number of hydrogen-bond donors (Lipinski definition) is 3. The van der Waals surface area contributed by atoms with Crippen LogP contribution in [0.15, 0.2) is 29.2 Å². The van der Waals surface area contributed by atoms with Crippen LogP contribution in [-0.2, 0) is 14.8 Å². The molecule has 0 aliphatic carbocycles. The summed E-state index contributed by atoms with van der Waals surface area (Å²) in [6.07, 6.45) is 0. The van der Waals surface area contributed by atoms with E-state index in [1.807, 2.05) is 0 Å². The minimum Gasteiger partial charge on any atom is -0.376 e. The number of piperazine rings is 1. The maximum absolute atomic E-state index is 11.9. The van der Waals surface area contributed by atoms with Gasteiger partial charge in [0.2, 0.25) is 15.9 Å². The third-order valence-corrected chi connectivity index (χ3v) is 4.03. The van der Waals surface area contributed by atoms with Gasteiger partial charge in [-0.25, -0.2) is 13.6 Å². The fraction of sp³-hybridized carbons (Fsp3) is 0.417. The van der Waals surface area contributed by atoms with E-state index in [-0.39, 0.29) is 17.3 Å². The van der Waals surface area contributed by atoms with E-state index in [0.717, 1.165) is 13.1 Å². The van der Waals surface area contributed by atoms with E-state index in [1.54, 1.807) is 17.0 Å². The van der Waals surface area contributed by atoms with Crippen molar-refractivity contribution in [2.24, 2.45) is 5.14 Å². The highest BCUT2D eigenvalue weighted by atomic mass is 32.2. The van der Waals surface area contributed by atoms with Gasteiger partial charge < -0.3 is 15.5 Å². The van der Waals surface area contributed by atoms with E-state index < -0.39 is 10.0 Å². The van der Waals surface area contributed by atoms with Crippen molar-refractivity contribution in [3.63, 3.8) is 0 Å². The summed E-state index contributed by atoms with van der Waals surface area (Å²) in [4.78, 5) is 13.8. The van der Waals surface area contributed by atoms with Crippen LogP contribution >= 0.6 is 0 Å². The average Bonchev–Trinajstić information content (AvgIpc) is 2.45. The Balaban J connectivity index is 1.89. The summed E-state index contributed by atoms with van der Waals surface area (Å²) < 4.78 is 22.2. The van der Waals surface area contributed by atoms with Crippen LogP contribution in [0.3, 0.4) is 0 Å². The van der Waals surface area contributed by atoms with Crippen molar-refractivity contribution >= 4 is 21.6 Å². The molecule has 1 aliphatic rings. The van der Waals surface area contributed by atoms with Gasteiger partial charge in [0.15, 0.2) is 0 Å². The molecule has 8 heteroatoms. The first-order chi connectivity index (χ1) is 9.47. The molecule has 0 spiro atoms. The molecular formula is C12H18N4O3S. The number of carbonyl (C=O) groups is 1. The molecule has 0 aromatic heterocycles. The minimum absolute atomic E-state index is 0.0297. The number of sulfonamides is 1. The predicted molar refractivity (Wildman–Crippen MR) is 75.8 cm³/mol. The van der Waals surface area contributed by atoms with Crippen molar-refractivity contribution in [1.29, 1.82) is 0 Å². The van der Waals surface area contributed by atoms with Crippen molar-refractivity contribution in [2.75, 3.05) is 38.0 Å². The largest absolute Gasteiger partial charge is 0.376 e. The van der Waals surface area contributed by atoms with Crippen LogP contribution in [0.5, 0.6) is 0 Å². The summed E-state index contributed by atoms with van der Waals surface area (Å²) >= 11 is 0. The zero-order chi connectivity index (χ0) is 14.6. The summed E-state index contributed by atoms with van der Waals surface area (Å²) in [7, 11) is -3.68. The molecule has 1 aromatic carbocycles. The molecule has 1 aromatic rings. The van der Waals surface area contributed by atoms with Gasteiger partial charge in [-0.15, -0.1) is 0 Å². The van der Waals surface area contributed by atoms with Gasteiger partial charge in [-0.3, -0.25) is 4.79 Å². The number of amides is 1. The Morgan fingerprint density at radius 1 is 1.25 bits per heavy atom. The second-order valence-electron chi connectivity index (χ2n) is 4.55. The second-order valence-corrected chi connectivity index (χ2v) is 6.12. The molecule has 2 rings (SSSR count). The van der Waals surface area contributed by atoms with Gasteiger partial charge in [-0.1, -0.05) is 0 Å². The Bertz CT molecular complexity index is 565. The van der Waals surface area contributed by atoms with Gasteiger partial charge >= 0.3 is 0 Å². The predicted octanol–water partition coefficient (Wildman–Crippen LogP) is -0.822. The molecule has 1 aliphatic heterocycles. The van der Waals surface area contributed by atoms with Crippen LogP contribution in [0.1, 0.15) is 0 Å². The first kappa shape index (κ1) is 14.8. The molecule has 110 valence electrons. The number of carbonyl (C=O) groups excluding carboxylic acids is 1. The first-order valence-corrected chi connectivity index (χ1v) is 7.87. The number of nitrogens with one attached hydrogen (secondary N) is 2. The van der Waals surface area contributed by atoms with E-state index in [2.05, 4.69) is 10.6 Å². The van der Waals surface area contributed by atoms with Gasteiger partial charge in [-0.2, -0.15) is 0 Å². The summed E-state index contributed by atoms with van der Waals surface area (Å²) in [5.41, 5.74) is 0.681. The summed E-state index contributed by atoms with van der Waals surface area (Å²) in [6, 6.07) is 6.00. The molecule has 7 nitrogen and oxygen atoms in total. The number of primary sulfonamides is 1. The molecule has 0 saturated carbocycles. The van der Waals surface area contributed by atoms with Crippen LogP contribution in [-0.4, -0.2) is 51.9 Å². The van der Waals surface area contributed by atoms with Crippen LogP contribution in [0.4, 0.5) is 5.69 Å². The SMILES string of the molecule is NS(=O)(=O)c1ccc(NCC(=O)N2CCNCC2)cc1. The third kappa shape index (κ3) is 3.92. The monoisotopic (exact) mass is 298 g/mol. The Labute approximate surface area is 118 Å². The smallest absolute Gasteiger partial charge is 0.241 e. The molecule has 1 fully saturated rings. The Hall–Kier alpha value is -1.64. The summed E-state index contributed by atoms with van der Waals surface area (Å²) in [5.74, 6) is 0.0297. The van der Waals surface area contributed by atoms with E-state index in [4.69, 9.17) is 5.14 Å². The lowest BCUT2D eigenvalue weighted by atomic mass is 10.3. The summed E-state index contributed by atoms with van der Waals surface area (Å²) in [5, 5.41) is 11.2. The maximum Gasteiger partial charge on any atom is 0.241 e. The molecule has 0 radical (unpaired) electrons. The highest BCUT2D eigenvalue weighted by Crippen LogP contribution is 2.12. The number of nitrogens with zero attached hydrogens (tertiary/aromatic N) is 1. The fourth-order valence-electron chi connectivity index (χ4n) is 1.97. The number of benzene rings is 1. The normalized spacial score (nSPS) is 15.9. The average molecular weight is 298 g/mol. The molecule has 4 N–H and O–H groups in total. The zero-order valence-electron chi connectivity index (χ0n) is 11.0. The Morgan fingerprint density at radius 3 is 2.40 bits per heavy atom. The van der Waals surface area contributed by atoms with Gasteiger partial charge in [0.25, 0.3) is 0 Å². The van der Waals surface area contributed by atoms with Crippen molar-refractivity contribution < 1.29 is 13.2 Å². The highest BCUT2D eigenvalue weighted by molar-refractivity contribution is 7.89. The van der Waals surface area contributed by atoms with Crippen LogP contribution in [0.25, 0.3) is 0 Å². The van der Waals surface area contributed by atoms with Gasteiger partial charge in [0, 0.05) is 31.9 Å². The molecule has 0 bridgehead atoms. The first-order valence-electron chi connectivity index (χ1n) is 6.32. The van der Waals surface area contributed by atoms with E-state index in [0.29, 0.717) is 18.8 Å². The Morgan fingerprint density at radius 2 is 1.85 bits per heavy atom. The van der Waals surface area contributed by atoms with Gasteiger partial charge in [-0.05, 0) is 24.3 Å². The number of anilines is 1. The fourth-order valence-corrected chi connectivity index (χ4v) is 2.48. The molecule has 0 unspecified atom stereocenters. The molecule has 1 saturated heterocycles. The molecule has 0 atom stereocenters. The molecule has 1 heterocycles. The topological polar surface area (TPSA) is 105 Å². The van der Waals surface area contributed by atoms with E-state index in [9.17, 15) is 13.2 Å². The van der Waals surface area contributed by atoms with E-state index in [1.165, 1.54) is 12.1 Å². The van der Waals surface area contributed by atoms with Crippen molar-refractivity contribution in [2.45, 2.75) is 4.90 Å². The lowest BCUT2D eigenvalue weighted by molar-refractivity contribution is -0.129. The standard InChI is InChI=1S/C12H18N4O3S/c13-20(18,19)11-3-1-10(2-4-11)15-9-12(17)16-7-5-14-6-8-16/h1-4,14-15H,5-9H2,(H2,13,18,19). The van der Waals surface area contributed by atoms with Crippen molar-refractivity contribution in [3.8, 4) is 0 Å². The Kier molecular flexibility index (Phi) is 4.58. The maximum atomic E-state index is 11.9. The van der Waals surface area contributed by atoms with Gasteiger partial charge in [0.1, 0.15) is 0 Å². The van der Waals surface area contributed by atoms with Crippen LogP contribution in [0.2, 0.25) is 0 Å². The highest BCUT2D eigenvalue weighted by Gasteiger charge is 2.15. The number of hydrogen-bond acceptors (Lipinski definition) is 5. The summed E-state index contributed by atoms with van der Waals surface area (Å²) in [6.45, 7) is 3.24. The third-order valence-electron chi connectivity index (χ3n) is 3.10. The lowest BCUT2D eigenvalue weighted by Crippen LogP contribution is -2.48. The van der Waals surface area contributed by atoms with E-state index >= 15 is 0 Å². The quantitative estimate of drug-likeness (QED) is 0.673. The lowest BCUT2D eigenvalue weighted by Gasteiger charge is -2.27. The molecular weight excluding hydrogens is 280 g/mol. The molecule has 20 heavy (non-hydrogen) atoms. The van der Waals surface area contributed by atoms with Crippen LogP contribution < -0.4 is 15.8 Å². The minimum atomic E-state index is -3.68. The number of rotatable bonds is 4. The van der Waals surface area contributed by atoms with Crippen molar-refractivity contribution in [3.05, 3.63) is 24.3 Å². The van der Waals surface area contributed by atoms with Crippen molar-refractivity contribution in [1.82, 2.24) is 10.2 Å².